The van der Waals surface area contributed by atoms with E-state index in [1.807, 2.05) is 6.92 Å². The Morgan fingerprint density at radius 1 is 1.37 bits per heavy atom. The third kappa shape index (κ3) is 2.32. The van der Waals surface area contributed by atoms with Gasteiger partial charge in [-0.25, -0.2) is 4.98 Å². The molecular weight excluding hydrogens is 282 g/mol. The monoisotopic (exact) mass is 291 g/mol. The van der Waals surface area contributed by atoms with Crippen molar-refractivity contribution >= 4 is 39.7 Å². The minimum atomic E-state index is -0.194. The number of aromatic amines is 1. The van der Waals surface area contributed by atoms with Gasteiger partial charge in [0.05, 0.1) is 17.2 Å². The minimum Gasteiger partial charge on any atom is -0.398 e. The van der Waals surface area contributed by atoms with E-state index in [9.17, 15) is 4.79 Å². The van der Waals surface area contributed by atoms with Crippen molar-refractivity contribution in [3.05, 3.63) is 33.8 Å². The van der Waals surface area contributed by atoms with Gasteiger partial charge in [0.15, 0.2) is 4.34 Å². The summed E-state index contributed by atoms with van der Waals surface area (Å²) in [6, 6.07) is 3.43. The number of nitrogens with two attached hydrogens (primary N) is 1. The molecule has 19 heavy (non-hydrogen) atoms. The van der Waals surface area contributed by atoms with E-state index >= 15 is 0 Å². The molecule has 0 bridgehead atoms. The van der Waals surface area contributed by atoms with E-state index in [0.717, 1.165) is 14.2 Å². The summed E-state index contributed by atoms with van der Waals surface area (Å²) in [4.78, 5) is 19.1. The lowest BCUT2D eigenvalue weighted by Crippen LogP contribution is -2.07. The fourth-order valence-electron chi connectivity index (χ4n) is 1.61. The van der Waals surface area contributed by atoms with Crippen molar-refractivity contribution in [2.24, 2.45) is 0 Å². The van der Waals surface area contributed by atoms with E-state index in [1.54, 1.807) is 12.1 Å². The average Bonchev–Trinajstić information content (AvgIpc) is 2.77. The SMILES string of the molecule is Cc1nnc(Sc2cc3nc[nH]c(=O)c3cc2N)s1. The number of benzene rings is 1. The number of rotatable bonds is 2. The number of H-pyrrole nitrogens is 1. The van der Waals surface area contributed by atoms with Gasteiger partial charge in [0, 0.05) is 10.6 Å². The average molecular weight is 291 g/mol. The number of hydrogen-bond acceptors (Lipinski definition) is 7. The number of nitrogens with one attached hydrogen (secondary N) is 1. The van der Waals surface area contributed by atoms with Crippen LogP contribution in [-0.2, 0) is 0 Å². The molecule has 0 atom stereocenters. The zero-order valence-corrected chi connectivity index (χ0v) is 11.5. The number of nitrogen functional groups attached to an aromatic ring is 1. The van der Waals surface area contributed by atoms with Crippen LogP contribution < -0.4 is 11.3 Å². The molecule has 0 unspecified atom stereocenters. The van der Waals surface area contributed by atoms with Crippen LogP contribution in [-0.4, -0.2) is 20.2 Å². The highest BCUT2D eigenvalue weighted by molar-refractivity contribution is 8.01. The normalized spacial score (nSPS) is 11.0. The molecular formula is C11H9N5OS2. The van der Waals surface area contributed by atoms with Crippen LogP contribution in [0.2, 0.25) is 0 Å². The molecule has 0 aliphatic rings. The van der Waals surface area contributed by atoms with Gasteiger partial charge in [0.2, 0.25) is 0 Å². The lowest BCUT2D eigenvalue weighted by atomic mass is 10.2. The Kier molecular flexibility index (Phi) is 2.96. The van der Waals surface area contributed by atoms with E-state index < -0.39 is 0 Å². The molecule has 2 aromatic heterocycles. The molecule has 0 saturated carbocycles. The summed E-state index contributed by atoms with van der Waals surface area (Å²) < 4.78 is 0.813. The Hall–Kier alpha value is -1.93. The molecule has 3 rings (SSSR count). The molecule has 0 radical (unpaired) electrons. The Balaban J connectivity index is 2.09. The first-order chi connectivity index (χ1) is 9.13. The maximum Gasteiger partial charge on any atom is 0.258 e. The predicted molar refractivity (Wildman–Crippen MR) is 75.5 cm³/mol. The topological polar surface area (TPSA) is 97.5 Å². The van der Waals surface area contributed by atoms with E-state index in [0.29, 0.717) is 16.6 Å². The van der Waals surface area contributed by atoms with Crippen LogP contribution in [0.5, 0.6) is 0 Å². The van der Waals surface area contributed by atoms with Crippen molar-refractivity contribution in [2.45, 2.75) is 16.2 Å². The fourth-order valence-corrected chi connectivity index (χ4v) is 3.45. The summed E-state index contributed by atoms with van der Waals surface area (Å²) in [6.45, 7) is 1.90. The van der Waals surface area contributed by atoms with Crippen molar-refractivity contribution in [3.63, 3.8) is 0 Å². The number of aromatic nitrogens is 4. The largest absolute Gasteiger partial charge is 0.398 e. The molecule has 0 spiro atoms. The van der Waals surface area contributed by atoms with Gasteiger partial charge >= 0.3 is 0 Å². The first kappa shape index (κ1) is 12.1. The number of hydrogen-bond donors (Lipinski definition) is 2. The van der Waals surface area contributed by atoms with Gasteiger partial charge < -0.3 is 10.7 Å². The third-order valence-electron chi connectivity index (χ3n) is 2.48. The summed E-state index contributed by atoms with van der Waals surface area (Å²) in [5.41, 5.74) is 6.91. The maximum absolute atomic E-state index is 11.6. The molecule has 0 amide bonds. The maximum atomic E-state index is 11.6. The molecule has 96 valence electrons. The van der Waals surface area contributed by atoms with Crippen LogP contribution in [0.1, 0.15) is 5.01 Å². The van der Waals surface area contributed by atoms with E-state index in [-0.39, 0.29) is 5.56 Å². The number of anilines is 1. The van der Waals surface area contributed by atoms with Gasteiger partial charge in [-0.3, -0.25) is 4.79 Å². The highest BCUT2D eigenvalue weighted by Gasteiger charge is 2.10. The van der Waals surface area contributed by atoms with Gasteiger partial charge in [0.25, 0.3) is 5.56 Å². The molecule has 3 aromatic rings. The van der Waals surface area contributed by atoms with Gasteiger partial charge in [0.1, 0.15) is 5.01 Å². The van der Waals surface area contributed by atoms with Crippen molar-refractivity contribution in [2.75, 3.05) is 5.73 Å². The van der Waals surface area contributed by atoms with Crippen molar-refractivity contribution < 1.29 is 0 Å². The lowest BCUT2D eigenvalue weighted by Gasteiger charge is -2.04. The van der Waals surface area contributed by atoms with Crippen LogP contribution >= 0.6 is 23.1 Å². The standard InChI is InChI=1S/C11H9N5OS2/c1-5-15-16-11(18-5)19-9-3-8-6(2-7(9)12)10(17)14-4-13-8/h2-4H,12H2,1H3,(H,13,14,17). The summed E-state index contributed by atoms with van der Waals surface area (Å²) >= 11 is 2.92. The van der Waals surface area contributed by atoms with E-state index in [4.69, 9.17) is 5.73 Å². The van der Waals surface area contributed by atoms with Crippen LogP contribution in [0.15, 0.2) is 32.5 Å². The zero-order valence-electron chi connectivity index (χ0n) is 9.88. The van der Waals surface area contributed by atoms with Crippen molar-refractivity contribution in [1.82, 2.24) is 20.2 Å². The molecule has 3 N–H and O–H groups in total. The second-order valence-corrected chi connectivity index (χ2v) is 6.30. The first-order valence-corrected chi connectivity index (χ1v) is 7.01. The summed E-state index contributed by atoms with van der Waals surface area (Å²) in [5, 5.41) is 9.38. The Morgan fingerprint density at radius 2 is 2.21 bits per heavy atom. The summed E-state index contributed by atoms with van der Waals surface area (Å²) in [6.07, 6.45) is 1.38. The molecule has 0 aliphatic carbocycles. The fraction of sp³-hybridized carbons (Fsp3) is 0.0909. The minimum absolute atomic E-state index is 0.194. The van der Waals surface area contributed by atoms with E-state index in [2.05, 4.69) is 20.2 Å². The third-order valence-corrected chi connectivity index (χ3v) is 4.44. The molecule has 8 heteroatoms. The van der Waals surface area contributed by atoms with Gasteiger partial charge in [-0.2, -0.15) is 0 Å². The first-order valence-electron chi connectivity index (χ1n) is 5.38. The quantitative estimate of drug-likeness (QED) is 0.699. The van der Waals surface area contributed by atoms with Gasteiger partial charge in [-0.15, -0.1) is 10.2 Å². The van der Waals surface area contributed by atoms with Gasteiger partial charge in [-0.05, 0) is 19.1 Å². The second-order valence-electron chi connectivity index (χ2n) is 3.83. The molecule has 0 saturated heterocycles. The number of aryl methyl sites for hydroxylation is 1. The molecule has 0 fully saturated rings. The van der Waals surface area contributed by atoms with Crippen LogP contribution in [0, 0.1) is 6.92 Å². The molecule has 0 aliphatic heterocycles. The number of fused-ring (bicyclic) bond motifs is 1. The Labute approximate surface area is 116 Å². The second kappa shape index (κ2) is 4.63. The van der Waals surface area contributed by atoms with Gasteiger partial charge in [-0.1, -0.05) is 23.1 Å². The van der Waals surface area contributed by atoms with Crippen LogP contribution in [0.25, 0.3) is 10.9 Å². The molecule has 1 aromatic carbocycles. The van der Waals surface area contributed by atoms with Crippen molar-refractivity contribution in [1.29, 1.82) is 0 Å². The summed E-state index contributed by atoms with van der Waals surface area (Å²) in [5.74, 6) is 0. The van der Waals surface area contributed by atoms with Crippen LogP contribution in [0.3, 0.4) is 0 Å². The van der Waals surface area contributed by atoms with Crippen molar-refractivity contribution in [3.8, 4) is 0 Å². The number of nitrogens with zero attached hydrogens (tertiary/aromatic N) is 3. The predicted octanol–water partition coefficient (Wildman–Crippen LogP) is 1.82. The Morgan fingerprint density at radius 3 is 2.95 bits per heavy atom. The lowest BCUT2D eigenvalue weighted by molar-refractivity contribution is 0.984. The molecule has 2 heterocycles. The van der Waals surface area contributed by atoms with E-state index in [1.165, 1.54) is 29.4 Å². The Bertz CT molecular complexity index is 810. The highest BCUT2D eigenvalue weighted by Crippen LogP contribution is 2.35. The summed E-state index contributed by atoms with van der Waals surface area (Å²) in [7, 11) is 0. The smallest absolute Gasteiger partial charge is 0.258 e. The van der Waals surface area contributed by atoms with Crippen LogP contribution in [0.4, 0.5) is 5.69 Å². The molecule has 6 nitrogen and oxygen atoms in total. The highest BCUT2D eigenvalue weighted by atomic mass is 32.2. The zero-order chi connectivity index (χ0) is 13.4.